The third-order valence-electron chi connectivity index (χ3n) is 3.44. The van der Waals surface area contributed by atoms with Crippen LogP contribution in [0.5, 0.6) is 5.75 Å². The van der Waals surface area contributed by atoms with Crippen LogP contribution in [0.1, 0.15) is 32.6 Å². The van der Waals surface area contributed by atoms with Crippen LogP contribution in [-0.2, 0) is 14.2 Å². The molecule has 0 bridgehead atoms. The molecule has 0 aliphatic carbocycles. The van der Waals surface area contributed by atoms with Gasteiger partial charge in [-0.05, 0) is 36.9 Å². The summed E-state index contributed by atoms with van der Waals surface area (Å²) in [4.78, 5) is 1.24. The van der Waals surface area contributed by atoms with E-state index in [4.69, 9.17) is 18.9 Å². The van der Waals surface area contributed by atoms with Crippen LogP contribution in [0.25, 0.3) is 0 Å². The van der Waals surface area contributed by atoms with E-state index in [2.05, 4.69) is 25.3 Å². The van der Waals surface area contributed by atoms with Gasteiger partial charge in [0.25, 0.3) is 0 Å². The maximum atomic E-state index is 5.61. The summed E-state index contributed by atoms with van der Waals surface area (Å²) in [7, 11) is 0. The van der Waals surface area contributed by atoms with Gasteiger partial charge in [0.2, 0.25) is 0 Å². The highest BCUT2D eigenvalue weighted by Crippen LogP contribution is 2.18. The van der Waals surface area contributed by atoms with E-state index in [0.29, 0.717) is 39.6 Å². The Balaban J connectivity index is 1.80. The van der Waals surface area contributed by atoms with Crippen molar-refractivity contribution in [3.05, 3.63) is 24.3 Å². The van der Waals surface area contributed by atoms with Crippen LogP contribution in [0.15, 0.2) is 29.2 Å². The minimum absolute atomic E-state index is 0.555. The Morgan fingerprint density at radius 2 is 1.29 bits per heavy atom. The van der Waals surface area contributed by atoms with E-state index >= 15 is 0 Å². The van der Waals surface area contributed by atoms with Gasteiger partial charge in [0.15, 0.2) is 0 Å². The second-order valence-corrected chi connectivity index (χ2v) is 6.30. The van der Waals surface area contributed by atoms with Gasteiger partial charge in [-0.2, -0.15) is 0 Å². The van der Waals surface area contributed by atoms with Crippen LogP contribution in [0.2, 0.25) is 0 Å². The maximum Gasteiger partial charge on any atom is 0.119 e. The molecule has 1 aromatic rings. The quantitative estimate of drug-likeness (QED) is 0.324. The molecule has 0 radical (unpaired) electrons. The maximum absolute atomic E-state index is 5.61. The third kappa shape index (κ3) is 11.7. The van der Waals surface area contributed by atoms with Crippen molar-refractivity contribution in [1.82, 2.24) is 0 Å². The molecule has 4 nitrogen and oxygen atoms in total. The molecule has 0 unspecified atom stereocenters. The summed E-state index contributed by atoms with van der Waals surface area (Å²) < 4.78 is 22.0. The lowest BCUT2D eigenvalue weighted by Gasteiger charge is -2.08. The number of unbranched alkanes of at least 4 members (excludes halogenated alkanes) is 3. The number of hydrogen-bond acceptors (Lipinski definition) is 5. The van der Waals surface area contributed by atoms with E-state index in [-0.39, 0.29) is 0 Å². The first kappa shape index (κ1) is 21.3. The number of hydrogen-bond donors (Lipinski definition) is 0. The molecular formula is C19H32O4S. The molecule has 1 rings (SSSR count). The lowest BCUT2D eigenvalue weighted by atomic mass is 10.2. The molecule has 0 aliphatic rings. The Hall–Kier alpha value is -0.750. The second-order valence-electron chi connectivity index (χ2n) is 5.42. The van der Waals surface area contributed by atoms with Crippen LogP contribution >= 0.6 is 11.8 Å². The Morgan fingerprint density at radius 3 is 1.88 bits per heavy atom. The summed E-state index contributed by atoms with van der Waals surface area (Å²) >= 11 is 1.72. The van der Waals surface area contributed by atoms with E-state index in [0.717, 1.165) is 18.8 Å². The Kier molecular flexibility index (Phi) is 14.0. The van der Waals surface area contributed by atoms with Crippen molar-refractivity contribution in [3.8, 4) is 5.75 Å². The van der Waals surface area contributed by atoms with E-state index in [1.165, 1.54) is 24.2 Å². The first-order valence-corrected chi connectivity index (χ1v) is 10.1. The fourth-order valence-electron chi connectivity index (χ4n) is 2.06. The van der Waals surface area contributed by atoms with Crippen molar-refractivity contribution < 1.29 is 18.9 Å². The monoisotopic (exact) mass is 356 g/mol. The Labute approximate surface area is 151 Å². The van der Waals surface area contributed by atoms with E-state index < -0.39 is 0 Å². The van der Waals surface area contributed by atoms with Gasteiger partial charge in [-0.25, -0.2) is 0 Å². The highest BCUT2D eigenvalue weighted by atomic mass is 32.2. The number of ether oxygens (including phenoxy) is 4. The number of rotatable bonds is 16. The minimum atomic E-state index is 0.555. The molecule has 0 heterocycles. The standard InChI is InChI=1S/C19H32O4S/c1-3-4-5-6-11-20-12-13-21-14-15-22-16-17-23-18-7-9-19(24-2)10-8-18/h7-10H,3-6,11-17H2,1-2H3. The van der Waals surface area contributed by atoms with Crippen molar-refractivity contribution in [2.24, 2.45) is 0 Å². The molecule has 0 N–H and O–H groups in total. The van der Waals surface area contributed by atoms with Gasteiger partial charge in [0.05, 0.1) is 33.0 Å². The summed E-state index contributed by atoms with van der Waals surface area (Å²) in [6.45, 7) is 6.67. The molecule has 0 aromatic heterocycles. The first-order valence-electron chi connectivity index (χ1n) is 8.87. The molecule has 5 heteroatoms. The van der Waals surface area contributed by atoms with E-state index in [9.17, 15) is 0 Å². The van der Waals surface area contributed by atoms with Crippen LogP contribution in [0, 0.1) is 0 Å². The van der Waals surface area contributed by atoms with Crippen molar-refractivity contribution in [3.63, 3.8) is 0 Å². The van der Waals surface area contributed by atoms with Gasteiger partial charge in [-0.1, -0.05) is 26.2 Å². The summed E-state index contributed by atoms with van der Waals surface area (Å²) in [5, 5.41) is 0. The van der Waals surface area contributed by atoms with Crippen molar-refractivity contribution in [2.75, 3.05) is 52.5 Å². The Morgan fingerprint density at radius 1 is 0.708 bits per heavy atom. The fraction of sp³-hybridized carbons (Fsp3) is 0.684. The average Bonchev–Trinajstić information content (AvgIpc) is 2.62. The molecule has 0 saturated heterocycles. The largest absolute Gasteiger partial charge is 0.491 e. The second kappa shape index (κ2) is 15.8. The lowest BCUT2D eigenvalue weighted by Crippen LogP contribution is -2.12. The molecule has 0 fully saturated rings. The van der Waals surface area contributed by atoms with Crippen LogP contribution in [-0.4, -0.2) is 52.5 Å². The molecule has 0 saturated carbocycles. The smallest absolute Gasteiger partial charge is 0.119 e. The SMILES string of the molecule is CCCCCCOCCOCCOCCOc1ccc(SC)cc1. The van der Waals surface area contributed by atoms with Crippen molar-refractivity contribution in [1.29, 1.82) is 0 Å². The van der Waals surface area contributed by atoms with Crippen LogP contribution in [0.4, 0.5) is 0 Å². The Bertz CT molecular complexity index is 383. The summed E-state index contributed by atoms with van der Waals surface area (Å²) in [6.07, 6.45) is 7.03. The molecule has 0 amide bonds. The van der Waals surface area contributed by atoms with Gasteiger partial charge in [-0.15, -0.1) is 11.8 Å². The molecule has 1 aromatic carbocycles. The summed E-state index contributed by atoms with van der Waals surface area (Å²) in [6, 6.07) is 8.08. The third-order valence-corrected chi connectivity index (χ3v) is 4.19. The van der Waals surface area contributed by atoms with Gasteiger partial charge < -0.3 is 18.9 Å². The van der Waals surface area contributed by atoms with Gasteiger partial charge >= 0.3 is 0 Å². The molecule has 0 aliphatic heterocycles. The molecule has 0 atom stereocenters. The number of benzene rings is 1. The number of thioether (sulfide) groups is 1. The predicted octanol–water partition coefficient (Wildman–Crippen LogP) is 4.42. The first-order chi connectivity index (χ1) is 11.9. The van der Waals surface area contributed by atoms with Gasteiger partial charge in [-0.3, -0.25) is 0 Å². The topological polar surface area (TPSA) is 36.9 Å². The molecule has 138 valence electrons. The highest BCUT2D eigenvalue weighted by molar-refractivity contribution is 7.98. The van der Waals surface area contributed by atoms with Crippen LogP contribution in [0.3, 0.4) is 0 Å². The average molecular weight is 357 g/mol. The molecule has 24 heavy (non-hydrogen) atoms. The summed E-state index contributed by atoms with van der Waals surface area (Å²) in [5.41, 5.74) is 0. The van der Waals surface area contributed by atoms with Crippen molar-refractivity contribution in [2.45, 2.75) is 37.5 Å². The predicted molar refractivity (Wildman–Crippen MR) is 100 cm³/mol. The van der Waals surface area contributed by atoms with E-state index in [1.807, 2.05) is 12.1 Å². The van der Waals surface area contributed by atoms with E-state index in [1.54, 1.807) is 11.8 Å². The fourth-order valence-corrected chi connectivity index (χ4v) is 2.47. The molecular weight excluding hydrogens is 324 g/mol. The minimum Gasteiger partial charge on any atom is -0.491 e. The zero-order valence-corrected chi connectivity index (χ0v) is 15.9. The van der Waals surface area contributed by atoms with Gasteiger partial charge in [0.1, 0.15) is 12.4 Å². The summed E-state index contributed by atoms with van der Waals surface area (Å²) in [5.74, 6) is 0.878. The normalized spacial score (nSPS) is 10.9. The zero-order valence-electron chi connectivity index (χ0n) is 15.1. The lowest BCUT2D eigenvalue weighted by molar-refractivity contribution is 0.00879. The zero-order chi connectivity index (χ0) is 17.3. The molecule has 0 spiro atoms. The van der Waals surface area contributed by atoms with Crippen molar-refractivity contribution >= 4 is 11.8 Å². The van der Waals surface area contributed by atoms with Crippen LogP contribution < -0.4 is 4.74 Å². The highest BCUT2D eigenvalue weighted by Gasteiger charge is 1.96. The van der Waals surface area contributed by atoms with Gasteiger partial charge in [0, 0.05) is 11.5 Å².